The Hall–Kier alpha value is -2.27. The summed E-state index contributed by atoms with van der Waals surface area (Å²) >= 11 is 5.96. The number of para-hydroxylation sites is 1. The zero-order valence-corrected chi connectivity index (χ0v) is 13.3. The van der Waals surface area contributed by atoms with E-state index < -0.39 is 6.10 Å². The number of benzene rings is 2. The molecular formula is C17H17ClFNO3. The van der Waals surface area contributed by atoms with Crippen LogP contribution in [0.5, 0.6) is 11.5 Å². The molecule has 1 atom stereocenters. The summed E-state index contributed by atoms with van der Waals surface area (Å²) in [5.41, 5.74) is 0. The molecule has 23 heavy (non-hydrogen) atoms. The van der Waals surface area contributed by atoms with Crippen LogP contribution in [-0.2, 0) is 4.79 Å². The normalized spacial score (nSPS) is 11.6. The third-order valence-electron chi connectivity index (χ3n) is 2.99. The van der Waals surface area contributed by atoms with Crippen LogP contribution in [0.15, 0.2) is 48.5 Å². The van der Waals surface area contributed by atoms with E-state index in [4.69, 9.17) is 21.1 Å². The number of nitrogens with one attached hydrogen (secondary N) is 1. The molecule has 0 unspecified atom stereocenters. The first-order chi connectivity index (χ1) is 11.1. The Morgan fingerprint density at radius 1 is 1.22 bits per heavy atom. The van der Waals surface area contributed by atoms with Gasteiger partial charge in [0, 0.05) is 0 Å². The first-order valence-electron chi connectivity index (χ1n) is 7.13. The van der Waals surface area contributed by atoms with Crippen LogP contribution in [0.1, 0.15) is 6.92 Å². The van der Waals surface area contributed by atoms with Gasteiger partial charge in [0.05, 0.1) is 11.6 Å². The molecule has 1 N–H and O–H groups in total. The number of halogens is 2. The van der Waals surface area contributed by atoms with Gasteiger partial charge in [0.15, 0.2) is 6.10 Å². The number of rotatable bonds is 7. The maximum atomic E-state index is 12.8. The first kappa shape index (κ1) is 17.1. The smallest absolute Gasteiger partial charge is 0.260 e. The Morgan fingerprint density at radius 2 is 1.91 bits per heavy atom. The van der Waals surface area contributed by atoms with Crippen molar-refractivity contribution in [3.8, 4) is 11.5 Å². The summed E-state index contributed by atoms with van der Waals surface area (Å²) in [5, 5.41) is 3.22. The van der Waals surface area contributed by atoms with Gasteiger partial charge in [-0.15, -0.1) is 0 Å². The molecule has 2 aromatic carbocycles. The van der Waals surface area contributed by atoms with Crippen LogP contribution < -0.4 is 14.8 Å². The van der Waals surface area contributed by atoms with Gasteiger partial charge < -0.3 is 14.8 Å². The first-order valence-corrected chi connectivity index (χ1v) is 7.51. The maximum Gasteiger partial charge on any atom is 0.260 e. The monoisotopic (exact) mass is 337 g/mol. The average Bonchev–Trinajstić information content (AvgIpc) is 2.55. The highest BCUT2D eigenvalue weighted by atomic mass is 35.5. The largest absolute Gasteiger partial charge is 0.490 e. The molecule has 6 heteroatoms. The molecule has 2 rings (SSSR count). The van der Waals surface area contributed by atoms with Crippen LogP contribution in [0.2, 0.25) is 5.02 Å². The molecule has 0 saturated carbocycles. The van der Waals surface area contributed by atoms with E-state index in [1.807, 2.05) is 12.1 Å². The van der Waals surface area contributed by atoms with Crippen molar-refractivity contribution in [1.82, 2.24) is 5.32 Å². The minimum atomic E-state index is -0.694. The van der Waals surface area contributed by atoms with E-state index in [0.717, 1.165) is 0 Å². The van der Waals surface area contributed by atoms with Gasteiger partial charge in [-0.05, 0) is 43.3 Å². The lowest BCUT2D eigenvalue weighted by atomic mass is 10.3. The number of ether oxygens (including phenoxy) is 2. The number of hydrogen-bond donors (Lipinski definition) is 1. The van der Waals surface area contributed by atoms with Crippen LogP contribution in [0.4, 0.5) is 4.39 Å². The second-order valence-electron chi connectivity index (χ2n) is 4.78. The third kappa shape index (κ3) is 5.45. The highest BCUT2D eigenvalue weighted by molar-refractivity contribution is 6.32. The van der Waals surface area contributed by atoms with Crippen LogP contribution in [-0.4, -0.2) is 25.2 Å². The highest BCUT2D eigenvalue weighted by Crippen LogP contribution is 2.22. The van der Waals surface area contributed by atoms with Gasteiger partial charge in [0.1, 0.15) is 23.9 Å². The van der Waals surface area contributed by atoms with Gasteiger partial charge in [-0.25, -0.2) is 4.39 Å². The molecule has 0 aromatic heterocycles. The minimum Gasteiger partial charge on any atom is -0.490 e. The lowest BCUT2D eigenvalue weighted by molar-refractivity contribution is -0.127. The van der Waals surface area contributed by atoms with Crippen molar-refractivity contribution in [2.75, 3.05) is 13.2 Å². The fourth-order valence-corrected chi connectivity index (χ4v) is 2.00. The molecule has 0 radical (unpaired) electrons. The topological polar surface area (TPSA) is 47.6 Å². The number of amides is 1. The molecule has 0 aliphatic rings. The lowest BCUT2D eigenvalue weighted by Gasteiger charge is -2.15. The van der Waals surface area contributed by atoms with Gasteiger partial charge in [-0.2, -0.15) is 0 Å². The van der Waals surface area contributed by atoms with E-state index in [0.29, 0.717) is 29.7 Å². The van der Waals surface area contributed by atoms with E-state index in [1.54, 1.807) is 19.1 Å². The molecule has 0 aliphatic carbocycles. The second kappa shape index (κ2) is 8.39. The highest BCUT2D eigenvalue weighted by Gasteiger charge is 2.14. The Morgan fingerprint density at radius 3 is 2.61 bits per heavy atom. The summed E-state index contributed by atoms with van der Waals surface area (Å²) in [6, 6.07) is 12.6. The Bertz CT molecular complexity index is 649. The van der Waals surface area contributed by atoms with Crippen molar-refractivity contribution in [3.05, 3.63) is 59.4 Å². The van der Waals surface area contributed by atoms with Crippen LogP contribution in [0.3, 0.4) is 0 Å². The van der Waals surface area contributed by atoms with E-state index >= 15 is 0 Å². The predicted octanol–water partition coefficient (Wildman–Crippen LogP) is 3.44. The van der Waals surface area contributed by atoms with Crippen LogP contribution >= 0.6 is 11.6 Å². The Labute approximate surface area is 139 Å². The Balaban J connectivity index is 1.72. The van der Waals surface area contributed by atoms with Crippen molar-refractivity contribution in [3.63, 3.8) is 0 Å². The van der Waals surface area contributed by atoms with Gasteiger partial charge in [0.2, 0.25) is 0 Å². The summed E-state index contributed by atoms with van der Waals surface area (Å²) in [5.74, 6) is 0.364. The van der Waals surface area contributed by atoms with E-state index in [-0.39, 0.29) is 11.7 Å². The van der Waals surface area contributed by atoms with Crippen molar-refractivity contribution in [2.24, 2.45) is 0 Å². The molecule has 4 nitrogen and oxygen atoms in total. The molecule has 0 heterocycles. The molecule has 0 spiro atoms. The molecule has 0 aliphatic heterocycles. The summed E-state index contributed by atoms with van der Waals surface area (Å²) in [4.78, 5) is 11.9. The van der Waals surface area contributed by atoms with Gasteiger partial charge >= 0.3 is 0 Å². The zero-order chi connectivity index (χ0) is 16.7. The molecule has 0 bridgehead atoms. The second-order valence-corrected chi connectivity index (χ2v) is 5.19. The predicted molar refractivity (Wildman–Crippen MR) is 86.4 cm³/mol. The van der Waals surface area contributed by atoms with E-state index in [1.165, 1.54) is 24.3 Å². The number of carbonyl (C=O) groups excluding carboxylic acids is 1. The SMILES string of the molecule is C[C@@H](Oc1ccc(F)cc1)C(=O)NCCOc1ccccc1Cl. The molecule has 2 aromatic rings. The van der Waals surface area contributed by atoms with Crippen LogP contribution in [0, 0.1) is 5.82 Å². The van der Waals surface area contributed by atoms with Crippen molar-refractivity contribution in [1.29, 1.82) is 0 Å². The molecule has 1 amide bonds. The quantitative estimate of drug-likeness (QED) is 0.787. The third-order valence-corrected chi connectivity index (χ3v) is 3.30. The molecule has 122 valence electrons. The van der Waals surface area contributed by atoms with Crippen molar-refractivity contribution in [2.45, 2.75) is 13.0 Å². The summed E-state index contributed by atoms with van der Waals surface area (Å²) in [6.07, 6.45) is -0.694. The van der Waals surface area contributed by atoms with Gasteiger partial charge in [0.25, 0.3) is 5.91 Å². The standard InChI is InChI=1S/C17H17ClFNO3/c1-12(23-14-8-6-13(19)7-9-14)17(21)20-10-11-22-16-5-3-2-4-15(16)18/h2-9,12H,10-11H2,1H3,(H,20,21)/t12-/m1/s1. The van der Waals surface area contributed by atoms with Crippen molar-refractivity contribution < 1.29 is 18.7 Å². The van der Waals surface area contributed by atoms with Gasteiger partial charge in [-0.1, -0.05) is 23.7 Å². The number of hydrogen-bond acceptors (Lipinski definition) is 3. The number of carbonyl (C=O) groups is 1. The lowest BCUT2D eigenvalue weighted by Crippen LogP contribution is -2.38. The zero-order valence-electron chi connectivity index (χ0n) is 12.6. The maximum absolute atomic E-state index is 12.8. The fourth-order valence-electron chi connectivity index (χ4n) is 1.81. The van der Waals surface area contributed by atoms with Gasteiger partial charge in [-0.3, -0.25) is 4.79 Å². The van der Waals surface area contributed by atoms with E-state index in [9.17, 15) is 9.18 Å². The molecule has 0 saturated heterocycles. The summed E-state index contributed by atoms with van der Waals surface area (Å²) in [7, 11) is 0. The van der Waals surface area contributed by atoms with Crippen LogP contribution in [0.25, 0.3) is 0 Å². The Kier molecular flexibility index (Phi) is 6.23. The minimum absolute atomic E-state index is 0.280. The van der Waals surface area contributed by atoms with E-state index in [2.05, 4.69) is 5.32 Å². The molecule has 0 fully saturated rings. The summed E-state index contributed by atoms with van der Waals surface area (Å²) < 4.78 is 23.7. The fraction of sp³-hybridized carbons (Fsp3) is 0.235. The molecular weight excluding hydrogens is 321 g/mol. The van der Waals surface area contributed by atoms with Crippen molar-refractivity contribution >= 4 is 17.5 Å². The average molecular weight is 338 g/mol. The summed E-state index contributed by atoms with van der Waals surface area (Å²) in [6.45, 7) is 2.23.